The molecule has 2 aromatic heterocycles. The molecule has 0 bridgehead atoms. The average Bonchev–Trinajstić information content (AvgIpc) is 3.52. The Morgan fingerprint density at radius 2 is 2.12 bits per heavy atom. The molecule has 1 fully saturated rings. The van der Waals surface area contributed by atoms with Gasteiger partial charge in [0.1, 0.15) is 17.0 Å². The second-order valence-corrected chi connectivity index (χ2v) is 8.29. The molecule has 180 valence electrons. The van der Waals surface area contributed by atoms with E-state index in [1.165, 1.54) is 6.20 Å². The van der Waals surface area contributed by atoms with Gasteiger partial charge in [0.2, 0.25) is 5.62 Å². The lowest BCUT2D eigenvalue weighted by Gasteiger charge is -2.26. The van der Waals surface area contributed by atoms with E-state index < -0.39 is 5.91 Å². The molecule has 1 amide bonds. The Balaban J connectivity index is 1.45. The van der Waals surface area contributed by atoms with Gasteiger partial charge in [0.05, 0.1) is 39.5 Å². The van der Waals surface area contributed by atoms with Crippen LogP contribution in [0.5, 0.6) is 11.5 Å². The molecule has 1 aromatic carbocycles. The molecule has 2 aliphatic rings. The lowest BCUT2D eigenvalue weighted by atomic mass is 10.2. The number of hydrogen-bond donors (Lipinski definition) is 1. The maximum atomic E-state index is 12.8. The van der Waals surface area contributed by atoms with Crippen LogP contribution in [0.4, 0.5) is 5.82 Å². The third-order valence-corrected chi connectivity index (χ3v) is 6.12. The molecule has 0 radical (unpaired) electrons. The number of hydrogen-bond acceptors (Lipinski definition) is 8. The Hall–Kier alpha value is -3.44. The summed E-state index contributed by atoms with van der Waals surface area (Å²) >= 11 is 0. The zero-order valence-corrected chi connectivity index (χ0v) is 19.5. The second kappa shape index (κ2) is 9.82. The summed E-state index contributed by atoms with van der Waals surface area (Å²) in [6, 6.07) is 3.88. The standard InChI is InChI=1S/C23H29N7O4/c1-28-15-24-14-17(28)22(31)27-23-26-19-16(21-25-6-8-30(21)23)4-5-18(20(19)32-2)34-11-3-7-29-9-12-33-13-10-29/h4-5,14-15,25H,3,6-13H2,1-2H3. The van der Waals surface area contributed by atoms with E-state index in [-0.39, 0.29) is 0 Å². The molecule has 0 unspecified atom stereocenters. The van der Waals surface area contributed by atoms with Gasteiger partial charge in [-0.15, -0.1) is 0 Å². The fraction of sp³-hybridized carbons (Fsp3) is 0.478. The van der Waals surface area contributed by atoms with Gasteiger partial charge in [-0.3, -0.25) is 14.3 Å². The molecule has 2 aliphatic heterocycles. The van der Waals surface area contributed by atoms with Crippen LogP contribution in [-0.2, 0) is 18.3 Å². The largest absolute Gasteiger partial charge is 0.491 e. The van der Waals surface area contributed by atoms with Crippen molar-refractivity contribution in [3.8, 4) is 11.5 Å². The van der Waals surface area contributed by atoms with Crippen LogP contribution in [0.3, 0.4) is 0 Å². The van der Waals surface area contributed by atoms with E-state index in [1.807, 2.05) is 16.7 Å². The second-order valence-electron chi connectivity index (χ2n) is 8.29. The van der Waals surface area contributed by atoms with Crippen molar-refractivity contribution in [2.24, 2.45) is 12.0 Å². The van der Waals surface area contributed by atoms with Crippen molar-refractivity contribution in [3.63, 3.8) is 0 Å². The summed E-state index contributed by atoms with van der Waals surface area (Å²) in [5.41, 5.74) is 1.32. The van der Waals surface area contributed by atoms with Gasteiger partial charge >= 0.3 is 0 Å². The van der Waals surface area contributed by atoms with Crippen molar-refractivity contribution in [1.82, 2.24) is 24.0 Å². The molecule has 34 heavy (non-hydrogen) atoms. The van der Waals surface area contributed by atoms with Crippen LogP contribution in [0.1, 0.15) is 16.9 Å². The molecule has 0 aliphatic carbocycles. The van der Waals surface area contributed by atoms with Crippen molar-refractivity contribution in [3.05, 3.63) is 36.0 Å². The minimum atomic E-state index is -0.400. The predicted octanol–water partition coefficient (Wildman–Crippen LogP) is 1.05. The van der Waals surface area contributed by atoms with Gasteiger partial charge in [0.25, 0.3) is 5.91 Å². The molecule has 0 spiro atoms. The topological polar surface area (TPSA) is 108 Å². The molecule has 0 atom stereocenters. The Morgan fingerprint density at radius 1 is 1.26 bits per heavy atom. The van der Waals surface area contributed by atoms with Crippen LogP contribution in [0, 0.1) is 0 Å². The van der Waals surface area contributed by atoms with Gasteiger partial charge in [-0.05, 0) is 18.6 Å². The zero-order valence-electron chi connectivity index (χ0n) is 19.5. The number of nitrogens with zero attached hydrogens (tertiary/aromatic N) is 6. The van der Waals surface area contributed by atoms with Gasteiger partial charge in [-0.1, -0.05) is 0 Å². The maximum Gasteiger partial charge on any atom is 0.298 e. The highest BCUT2D eigenvalue weighted by atomic mass is 16.5. The number of methoxy groups -OCH3 is 1. The molecule has 4 heterocycles. The highest BCUT2D eigenvalue weighted by Crippen LogP contribution is 2.37. The number of ether oxygens (including phenoxy) is 3. The third kappa shape index (κ3) is 4.36. The van der Waals surface area contributed by atoms with Crippen molar-refractivity contribution < 1.29 is 19.0 Å². The van der Waals surface area contributed by atoms with E-state index in [2.05, 4.69) is 20.2 Å². The first-order valence-corrected chi connectivity index (χ1v) is 11.5. The number of benzene rings is 1. The molecule has 11 nitrogen and oxygen atoms in total. The van der Waals surface area contributed by atoms with Crippen LogP contribution in [0.2, 0.25) is 0 Å². The minimum Gasteiger partial charge on any atom is -0.491 e. The molecular weight excluding hydrogens is 438 g/mol. The van der Waals surface area contributed by atoms with Crippen molar-refractivity contribution in [2.45, 2.75) is 13.0 Å². The van der Waals surface area contributed by atoms with Gasteiger partial charge in [0.15, 0.2) is 11.5 Å². The van der Waals surface area contributed by atoms with Crippen molar-refractivity contribution in [2.75, 3.05) is 58.4 Å². The highest BCUT2D eigenvalue weighted by molar-refractivity contribution is 5.96. The minimum absolute atomic E-state index is 0.321. The van der Waals surface area contributed by atoms with Crippen LogP contribution in [0.25, 0.3) is 10.9 Å². The van der Waals surface area contributed by atoms with E-state index in [0.717, 1.165) is 57.0 Å². The Labute approximate surface area is 197 Å². The number of rotatable bonds is 7. The van der Waals surface area contributed by atoms with E-state index >= 15 is 0 Å². The lowest BCUT2D eigenvalue weighted by molar-refractivity contribution is 0.0357. The summed E-state index contributed by atoms with van der Waals surface area (Å²) in [4.78, 5) is 28.2. The average molecular weight is 468 g/mol. The van der Waals surface area contributed by atoms with Crippen LogP contribution in [-0.4, -0.2) is 83.0 Å². The predicted molar refractivity (Wildman–Crippen MR) is 125 cm³/mol. The summed E-state index contributed by atoms with van der Waals surface area (Å²) in [6.45, 7) is 6.42. The Bertz CT molecular complexity index is 1260. The molecule has 11 heteroatoms. The number of nitrogens with one attached hydrogen (secondary N) is 1. The monoisotopic (exact) mass is 467 g/mol. The van der Waals surface area contributed by atoms with Gasteiger partial charge in [-0.25, -0.2) is 9.97 Å². The molecule has 1 N–H and O–H groups in total. The van der Waals surface area contributed by atoms with Gasteiger partial charge in [-0.2, -0.15) is 4.99 Å². The number of morpholine rings is 1. The summed E-state index contributed by atoms with van der Waals surface area (Å²) in [5, 5.41) is 4.28. The van der Waals surface area contributed by atoms with E-state index in [1.54, 1.807) is 25.1 Å². The quantitative estimate of drug-likeness (QED) is 0.514. The Kier molecular flexibility index (Phi) is 6.45. The number of anilines is 1. The lowest BCUT2D eigenvalue weighted by Crippen LogP contribution is -2.37. The van der Waals surface area contributed by atoms with Gasteiger partial charge in [0, 0.05) is 45.2 Å². The van der Waals surface area contributed by atoms with Gasteiger partial charge < -0.3 is 24.1 Å². The number of aryl methyl sites for hydroxylation is 1. The number of amides is 1. The number of carbonyl (C=O) groups excluding carboxylic acids is 1. The molecule has 0 saturated carbocycles. The number of imidazole rings is 1. The summed E-state index contributed by atoms with van der Waals surface area (Å²) in [5.74, 6) is 1.61. The molecule has 5 rings (SSSR count). The first-order chi connectivity index (χ1) is 16.7. The van der Waals surface area contributed by atoms with E-state index in [4.69, 9.17) is 19.2 Å². The number of carbonyl (C=O) groups is 1. The van der Waals surface area contributed by atoms with Crippen LogP contribution in [0.15, 0.2) is 29.6 Å². The first-order valence-electron chi connectivity index (χ1n) is 11.5. The summed E-state index contributed by atoms with van der Waals surface area (Å²) in [7, 11) is 3.36. The Morgan fingerprint density at radius 3 is 2.88 bits per heavy atom. The number of fused-ring (bicyclic) bond motifs is 3. The maximum absolute atomic E-state index is 12.8. The SMILES string of the molecule is COc1c(OCCCN2CCOCC2)ccc2c3n(c(=NC(=O)c4cncn4C)nc12)CCN3. The molecular formula is C23H29N7O4. The van der Waals surface area contributed by atoms with Crippen molar-refractivity contribution in [1.29, 1.82) is 0 Å². The molecule has 1 saturated heterocycles. The number of aromatic nitrogens is 4. The zero-order chi connectivity index (χ0) is 23.5. The smallest absolute Gasteiger partial charge is 0.298 e. The summed E-state index contributed by atoms with van der Waals surface area (Å²) < 4.78 is 20.8. The van der Waals surface area contributed by atoms with Crippen molar-refractivity contribution >= 4 is 22.6 Å². The molecule has 3 aromatic rings. The first kappa shape index (κ1) is 22.4. The normalized spacial score (nSPS) is 16.5. The summed E-state index contributed by atoms with van der Waals surface area (Å²) in [6.07, 6.45) is 3.97. The fourth-order valence-electron chi connectivity index (χ4n) is 4.35. The highest BCUT2D eigenvalue weighted by Gasteiger charge is 2.21. The van der Waals surface area contributed by atoms with Crippen LogP contribution >= 0.6 is 0 Å². The van der Waals surface area contributed by atoms with E-state index in [9.17, 15) is 4.79 Å². The third-order valence-electron chi connectivity index (χ3n) is 6.12. The fourth-order valence-corrected chi connectivity index (χ4v) is 4.35. The van der Waals surface area contributed by atoms with Crippen LogP contribution < -0.4 is 20.4 Å². The van der Waals surface area contributed by atoms with E-state index in [0.29, 0.717) is 41.5 Å².